The maximum absolute atomic E-state index is 6.09. The van der Waals surface area contributed by atoms with E-state index in [1.807, 2.05) is 30.5 Å². The van der Waals surface area contributed by atoms with Crippen molar-refractivity contribution in [2.45, 2.75) is 85.0 Å². The topological polar surface area (TPSA) is 35.0 Å². The van der Waals surface area contributed by atoms with E-state index in [2.05, 4.69) is 31.8 Å². The van der Waals surface area contributed by atoms with Gasteiger partial charge in [0, 0.05) is 11.9 Å². The summed E-state index contributed by atoms with van der Waals surface area (Å²) < 4.78 is 6.09. The van der Waals surface area contributed by atoms with Gasteiger partial charge in [0.2, 0.25) is 0 Å². The molecule has 3 nitrogen and oxygen atoms in total. The highest BCUT2D eigenvalue weighted by atomic mass is 16.5. The Labute approximate surface area is 172 Å². The fraction of sp³-hybridized carbons (Fsp3) is 0.600. The fourth-order valence-electron chi connectivity index (χ4n) is 3.33. The Kier molecular flexibility index (Phi) is 10.6. The van der Waals surface area contributed by atoms with Crippen LogP contribution in [-0.4, -0.2) is 16.6 Å². The monoisotopic (exact) mass is 382 g/mol. The first kappa shape index (κ1) is 22.4. The highest BCUT2D eigenvalue weighted by Crippen LogP contribution is 2.27. The van der Waals surface area contributed by atoms with Gasteiger partial charge in [-0.3, -0.25) is 0 Å². The van der Waals surface area contributed by atoms with E-state index >= 15 is 0 Å². The molecule has 0 aliphatic heterocycles. The van der Waals surface area contributed by atoms with E-state index in [1.54, 1.807) is 0 Å². The molecule has 1 aromatic carbocycles. The number of aryl methyl sites for hydroxylation is 1. The smallest absolute Gasteiger partial charge is 0.163 e. The van der Waals surface area contributed by atoms with E-state index < -0.39 is 0 Å². The van der Waals surface area contributed by atoms with Crippen molar-refractivity contribution in [1.82, 2.24) is 9.97 Å². The van der Waals surface area contributed by atoms with Crippen LogP contribution >= 0.6 is 0 Å². The Morgan fingerprint density at radius 1 is 0.929 bits per heavy atom. The molecule has 0 amide bonds. The van der Waals surface area contributed by atoms with Crippen molar-refractivity contribution < 1.29 is 4.74 Å². The van der Waals surface area contributed by atoms with Crippen molar-refractivity contribution in [1.29, 1.82) is 0 Å². The van der Waals surface area contributed by atoms with Gasteiger partial charge in [0.15, 0.2) is 5.82 Å². The van der Waals surface area contributed by atoms with Crippen LogP contribution in [0.3, 0.4) is 0 Å². The SMILES string of the molecule is CCCCCCCc1ccnc(-c2ccccc2OCCCCC(C)CC)n1. The molecule has 1 unspecified atom stereocenters. The van der Waals surface area contributed by atoms with Crippen LogP contribution < -0.4 is 4.74 Å². The number of para-hydroxylation sites is 1. The molecule has 28 heavy (non-hydrogen) atoms. The van der Waals surface area contributed by atoms with Gasteiger partial charge in [-0.1, -0.05) is 71.4 Å². The third-order valence-electron chi connectivity index (χ3n) is 5.42. The molecule has 2 rings (SSSR count). The molecule has 0 bridgehead atoms. The third-order valence-corrected chi connectivity index (χ3v) is 5.42. The first-order valence-corrected chi connectivity index (χ1v) is 11.3. The Morgan fingerprint density at radius 3 is 2.57 bits per heavy atom. The summed E-state index contributed by atoms with van der Waals surface area (Å²) in [7, 11) is 0. The van der Waals surface area contributed by atoms with E-state index in [-0.39, 0.29) is 0 Å². The summed E-state index contributed by atoms with van der Waals surface area (Å²) in [4.78, 5) is 9.32. The zero-order valence-corrected chi connectivity index (χ0v) is 18.1. The molecule has 3 heteroatoms. The molecular weight excluding hydrogens is 344 g/mol. The normalized spacial score (nSPS) is 12.1. The zero-order valence-electron chi connectivity index (χ0n) is 18.1. The van der Waals surface area contributed by atoms with Crippen LogP contribution in [0, 0.1) is 5.92 Å². The number of hydrogen-bond donors (Lipinski definition) is 0. The van der Waals surface area contributed by atoms with Crippen LogP contribution in [0.15, 0.2) is 36.5 Å². The molecule has 0 aliphatic rings. The van der Waals surface area contributed by atoms with Crippen molar-refractivity contribution in [2.75, 3.05) is 6.61 Å². The van der Waals surface area contributed by atoms with Gasteiger partial charge in [-0.25, -0.2) is 9.97 Å². The van der Waals surface area contributed by atoms with Crippen molar-refractivity contribution in [3.05, 3.63) is 42.2 Å². The Morgan fingerprint density at radius 2 is 1.75 bits per heavy atom. The summed E-state index contributed by atoms with van der Waals surface area (Å²) in [5.41, 5.74) is 2.13. The average molecular weight is 383 g/mol. The fourth-order valence-corrected chi connectivity index (χ4v) is 3.33. The number of benzene rings is 1. The summed E-state index contributed by atoms with van der Waals surface area (Å²) in [6, 6.07) is 10.2. The van der Waals surface area contributed by atoms with E-state index in [0.717, 1.165) is 48.2 Å². The minimum atomic E-state index is 0.755. The molecule has 0 radical (unpaired) electrons. The van der Waals surface area contributed by atoms with Gasteiger partial charge in [0.1, 0.15) is 5.75 Å². The van der Waals surface area contributed by atoms with E-state index in [4.69, 9.17) is 9.72 Å². The Hall–Kier alpha value is -1.90. The molecule has 0 saturated carbocycles. The largest absolute Gasteiger partial charge is 0.493 e. The van der Waals surface area contributed by atoms with Crippen LogP contribution in [-0.2, 0) is 6.42 Å². The molecule has 1 aromatic heterocycles. The lowest BCUT2D eigenvalue weighted by atomic mass is 10.0. The molecule has 154 valence electrons. The van der Waals surface area contributed by atoms with Gasteiger partial charge in [0.05, 0.1) is 12.2 Å². The van der Waals surface area contributed by atoms with Gasteiger partial charge >= 0.3 is 0 Å². The lowest BCUT2D eigenvalue weighted by molar-refractivity contribution is 0.300. The summed E-state index contributed by atoms with van der Waals surface area (Å²) in [6.45, 7) is 7.59. The number of rotatable bonds is 14. The second-order valence-corrected chi connectivity index (χ2v) is 7.89. The van der Waals surface area contributed by atoms with Gasteiger partial charge in [-0.15, -0.1) is 0 Å². The number of aromatic nitrogens is 2. The van der Waals surface area contributed by atoms with Gasteiger partial charge in [0.25, 0.3) is 0 Å². The molecule has 0 saturated heterocycles. The molecule has 1 heterocycles. The summed E-state index contributed by atoms with van der Waals surface area (Å²) in [5, 5.41) is 0. The molecule has 0 fully saturated rings. The van der Waals surface area contributed by atoms with Crippen LogP contribution in [0.4, 0.5) is 0 Å². The molecular formula is C25H38N2O. The van der Waals surface area contributed by atoms with E-state index in [1.165, 1.54) is 51.4 Å². The van der Waals surface area contributed by atoms with Crippen LogP contribution in [0.5, 0.6) is 5.75 Å². The first-order chi connectivity index (χ1) is 13.7. The lowest BCUT2D eigenvalue weighted by Gasteiger charge is -2.12. The Balaban J connectivity index is 1.91. The van der Waals surface area contributed by atoms with E-state index in [9.17, 15) is 0 Å². The minimum Gasteiger partial charge on any atom is -0.493 e. The summed E-state index contributed by atoms with van der Waals surface area (Å²) in [6.07, 6.45) is 14.2. The molecule has 0 spiro atoms. The predicted octanol–water partition coefficient (Wildman–Crippen LogP) is 7.25. The number of ether oxygens (including phenoxy) is 1. The number of nitrogens with zero attached hydrogens (tertiary/aromatic N) is 2. The van der Waals surface area contributed by atoms with Crippen molar-refractivity contribution in [2.24, 2.45) is 5.92 Å². The maximum atomic E-state index is 6.09. The lowest BCUT2D eigenvalue weighted by Crippen LogP contribution is -2.02. The minimum absolute atomic E-state index is 0.755. The maximum Gasteiger partial charge on any atom is 0.163 e. The summed E-state index contributed by atoms with van der Waals surface area (Å²) >= 11 is 0. The molecule has 0 N–H and O–H groups in total. The third kappa shape index (κ3) is 8.00. The van der Waals surface area contributed by atoms with Crippen LogP contribution in [0.1, 0.15) is 84.3 Å². The first-order valence-electron chi connectivity index (χ1n) is 11.3. The van der Waals surface area contributed by atoms with E-state index in [0.29, 0.717) is 0 Å². The predicted molar refractivity (Wildman–Crippen MR) is 119 cm³/mol. The van der Waals surface area contributed by atoms with Crippen molar-refractivity contribution in [3.63, 3.8) is 0 Å². The molecule has 0 aliphatic carbocycles. The van der Waals surface area contributed by atoms with Crippen molar-refractivity contribution in [3.8, 4) is 17.1 Å². The van der Waals surface area contributed by atoms with Gasteiger partial charge in [-0.05, 0) is 49.8 Å². The van der Waals surface area contributed by atoms with Crippen LogP contribution in [0.2, 0.25) is 0 Å². The average Bonchev–Trinajstić information content (AvgIpc) is 2.73. The highest BCUT2D eigenvalue weighted by molar-refractivity contribution is 5.63. The number of unbranched alkanes of at least 4 members (excludes halogenated alkanes) is 5. The number of hydrogen-bond acceptors (Lipinski definition) is 3. The summed E-state index contributed by atoms with van der Waals surface area (Å²) in [5.74, 6) is 2.48. The van der Waals surface area contributed by atoms with Gasteiger partial charge < -0.3 is 4.74 Å². The second-order valence-electron chi connectivity index (χ2n) is 7.89. The standard InChI is InChI=1S/C25H38N2O/c1-4-6-7-8-9-15-22-18-19-26-25(27-22)23-16-10-11-17-24(23)28-20-13-12-14-21(3)5-2/h10-11,16-19,21H,4-9,12-15,20H2,1-3H3. The van der Waals surface area contributed by atoms with Crippen LogP contribution in [0.25, 0.3) is 11.4 Å². The quantitative estimate of drug-likeness (QED) is 0.323. The molecule has 2 aromatic rings. The van der Waals surface area contributed by atoms with Crippen molar-refractivity contribution >= 4 is 0 Å². The second kappa shape index (κ2) is 13.3. The zero-order chi connectivity index (χ0) is 20.0. The Bertz CT molecular complexity index is 671. The highest BCUT2D eigenvalue weighted by Gasteiger charge is 2.09. The van der Waals surface area contributed by atoms with Gasteiger partial charge in [-0.2, -0.15) is 0 Å². The molecule has 1 atom stereocenters.